The monoisotopic (exact) mass is 390 g/mol. The van der Waals surface area contributed by atoms with Gasteiger partial charge in [-0.1, -0.05) is 0 Å². The first-order valence-corrected chi connectivity index (χ1v) is 7.27. The van der Waals surface area contributed by atoms with Crippen LogP contribution in [0.3, 0.4) is 0 Å². The van der Waals surface area contributed by atoms with Crippen molar-refractivity contribution < 1.29 is 29.4 Å². The number of nitrogen functional groups attached to an aromatic ring is 2. The van der Waals surface area contributed by atoms with Crippen molar-refractivity contribution in [3.63, 3.8) is 0 Å². The zero-order valence-corrected chi connectivity index (χ0v) is 14.4. The average molecular weight is 390 g/mol. The van der Waals surface area contributed by atoms with Gasteiger partial charge in [-0.3, -0.25) is 30.4 Å². The molecule has 0 aliphatic carbocycles. The first-order chi connectivity index (χ1) is 13.3. The summed E-state index contributed by atoms with van der Waals surface area (Å²) < 4.78 is 0. The Morgan fingerprint density at radius 3 is 1.21 bits per heavy atom. The Bertz CT molecular complexity index is 730. The van der Waals surface area contributed by atoms with Crippen LogP contribution < -0.4 is 22.5 Å². The van der Waals surface area contributed by atoms with Crippen molar-refractivity contribution in [1.82, 2.24) is 20.8 Å². The lowest BCUT2D eigenvalue weighted by Crippen LogP contribution is -2.29. The summed E-state index contributed by atoms with van der Waals surface area (Å²) in [6.07, 6.45) is 7.24. The van der Waals surface area contributed by atoms with Crippen LogP contribution in [0.5, 0.6) is 0 Å². The number of hydrogen-bond acceptors (Lipinski definition) is 8. The van der Waals surface area contributed by atoms with E-state index in [0.29, 0.717) is 23.3 Å². The number of pyridine rings is 2. The number of carbonyl (C=O) groups is 4. The lowest BCUT2D eigenvalue weighted by Gasteiger charge is -1.95. The van der Waals surface area contributed by atoms with Gasteiger partial charge in [-0.05, 0) is 24.3 Å². The number of carboxylic acid groups (broad SMARTS) is 2. The summed E-state index contributed by atoms with van der Waals surface area (Å²) in [5.41, 5.74) is 5.05. The number of nitrogens with one attached hydrogen (secondary N) is 2. The van der Waals surface area contributed by atoms with Gasteiger partial charge in [0.25, 0.3) is 11.8 Å². The Hall–Kier alpha value is -4.16. The second-order valence-electron chi connectivity index (χ2n) is 4.43. The summed E-state index contributed by atoms with van der Waals surface area (Å²) in [7, 11) is 0. The van der Waals surface area contributed by atoms with Gasteiger partial charge in [0.15, 0.2) is 0 Å². The number of hydrazine groups is 2. The second kappa shape index (κ2) is 14.1. The Balaban J connectivity index is 0.000000394. The number of carboxylic acids is 2. The highest BCUT2D eigenvalue weighted by molar-refractivity contribution is 5.94. The topological polar surface area (TPSA) is 211 Å². The first kappa shape index (κ1) is 23.8. The molecule has 2 heterocycles. The molecule has 0 spiro atoms. The van der Waals surface area contributed by atoms with E-state index in [1.807, 2.05) is 10.9 Å². The fraction of sp³-hybridized carbons (Fsp3) is 0. The molecule has 8 N–H and O–H groups in total. The predicted molar refractivity (Wildman–Crippen MR) is 96.2 cm³/mol. The van der Waals surface area contributed by atoms with Gasteiger partial charge in [0.2, 0.25) is 0 Å². The molecule has 0 fully saturated rings. The maximum Gasteiger partial charge on any atom is 0.328 e. The van der Waals surface area contributed by atoms with Crippen molar-refractivity contribution in [1.29, 1.82) is 0 Å². The van der Waals surface area contributed by atoms with E-state index in [-0.39, 0.29) is 11.8 Å². The van der Waals surface area contributed by atoms with E-state index in [2.05, 4.69) is 9.97 Å². The van der Waals surface area contributed by atoms with Gasteiger partial charge in [-0.25, -0.2) is 21.3 Å². The van der Waals surface area contributed by atoms with E-state index < -0.39 is 11.9 Å². The van der Waals surface area contributed by atoms with Crippen LogP contribution >= 0.6 is 0 Å². The second-order valence-corrected chi connectivity index (χ2v) is 4.43. The first-order valence-electron chi connectivity index (χ1n) is 7.27. The van der Waals surface area contributed by atoms with Crippen molar-refractivity contribution in [2.75, 3.05) is 0 Å². The summed E-state index contributed by atoms with van der Waals surface area (Å²) in [5, 5.41) is 15.6. The lowest BCUT2D eigenvalue weighted by molar-refractivity contribution is -0.134. The zero-order chi connectivity index (χ0) is 21.4. The predicted octanol–water partition coefficient (Wildman–Crippen LogP) is -0.918. The molecule has 0 unspecified atom stereocenters. The Morgan fingerprint density at radius 2 is 1.00 bits per heavy atom. The van der Waals surface area contributed by atoms with Crippen LogP contribution in [0.25, 0.3) is 0 Å². The number of hydrogen-bond donors (Lipinski definition) is 6. The molecule has 0 aromatic carbocycles. The van der Waals surface area contributed by atoms with Gasteiger partial charge < -0.3 is 10.2 Å². The van der Waals surface area contributed by atoms with Gasteiger partial charge in [0.05, 0.1) is 0 Å². The SMILES string of the molecule is NNC(=O)c1ccncc1.NNC(=O)c1ccncc1.O=C(O)/C=C/C(=O)O. The maximum absolute atomic E-state index is 10.7. The lowest BCUT2D eigenvalue weighted by atomic mass is 10.3. The number of rotatable bonds is 4. The van der Waals surface area contributed by atoms with Gasteiger partial charge in [-0.2, -0.15) is 0 Å². The summed E-state index contributed by atoms with van der Waals surface area (Å²) in [4.78, 5) is 48.1. The third-order valence-corrected chi connectivity index (χ3v) is 2.52. The highest BCUT2D eigenvalue weighted by Gasteiger charge is 1.99. The van der Waals surface area contributed by atoms with Gasteiger partial charge in [-0.15, -0.1) is 0 Å². The van der Waals surface area contributed by atoms with E-state index in [1.54, 1.807) is 24.3 Å². The highest BCUT2D eigenvalue weighted by Crippen LogP contribution is 1.94. The van der Waals surface area contributed by atoms with E-state index in [0.717, 1.165) is 0 Å². The van der Waals surface area contributed by atoms with Crippen molar-refractivity contribution in [3.8, 4) is 0 Å². The van der Waals surface area contributed by atoms with E-state index in [9.17, 15) is 19.2 Å². The van der Waals surface area contributed by atoms with Crippen LogP contribution in [0.4, 0.5) is 0 Å². The number of amides is 2. The summed E-state index contributed by atoms with van der Waals surface area (Å²) in [6, 6.07) is 6.34. The van der Waals surface area contributed by atoms with Crippen LogP contribution in [0.1, 0.15) is 20.7 Å². The normalized spacial score (nSPS) is 9.07. The van der Waals surface area contributed by atoms with Crippen LogP contribution in [0.15, 0.2) is 61.2 Å². The van der Waals surface area contributed by atoms with E-state index >= 15 is 0 Å². The molecule has 28 heavy (non-hydrogen) atoms. The fourth-order valence-corrected chi connectivity index (χ4v) is 1.32. The number of nitrogens with two attached hydrogens (primary N) is 2. The van der Waals surface area contributed by atoms with Crippen molar-refractivity contribution >= 4 is 23.8 Å². The standard InChI is InChI=1S/2C6H7N3O.C4H4O4/c2*7-9-6(10)5-1-3-8-4-2-5;5-3(6)1-2-4(7)8/h2*1-4H,7H2,(H,9,10);1-2H,(H,5,6)(H,7,8)/b;;2-1+. The summed E-state index contributed by atoms with van der Waals surface area (Å²) >= 11 is 0. The molecule has 0 aliphatic rings. The molecule has 0 aliphatic heterocycles. The maximum atomic E-state index is 10.7. The summed E-state index contributed by atoms with van der Waals surface area (Å²) in [5.74, 6) is 6.65. The molecule has 0 atom stereocenters. The molecule has 0 bridgehead atoms. The third-order valence-electron chi connectivity index (χ3n) is 2.52. The minimum absolute atomic E-state index is 0.303. The van der Waals surface area contributed by atoms with Crippen molar-refractivity contribution in [2.24, 2.45) is 11.7 Å². The molecule has 0 saturated heterocycles. The quantitative estimate of drug-likeness (QED) is 0.163. The van der Waals surface area contributed by atoms with Crippen LogP contribution in [0, 0.1) is 0 Å². The molecule has 2 rings (SSSR count). The van der Waals surface area contributed by atoms with Gasteiger partial charge in [0.1, 0.15) is 0 Å². The largest absolute Gasteiger partial charge is 0.478 e. The zero-order valence-electron chi connectivity index (χ0n) is 14.4. The molecular formula is C16H18N6O6. The Kier molecular flexibility index (Phi) is 12.0. The third kappa shape index (κ3) is 11.4. The highest BCUT2D eigenvalue weighted by atomic mass is 16.4. The molecule has 12 heteroatoms. The Labute approximate surface area is 158 Å². The minimum atomic E-state index is -1.26. The molecule has 12 nitrogen and oxygen atoms in total. The number of aliphatic carboxylic acids is 2. The van der Waals surface area contributed by atoms with E-state index in [1.165, 1.54) is 24.8 Å². The number of nitrogens with zero attached hydrogens (tertiary/aromatic N) is 2. The smallest absolute Gasteiger partial charge is 0.328 e. The molecule has 2 amide bonds. The minimum Gasteiger partial charge on any atom is -0.478 e. The molecule has 0 radical (unpaired) electrons. The van der Waals surface area contributed by atoms with E-state index in [4.69, 9.17) is 21.9 Å². The van der Waals surface area contributed by atoms with Crippen LogP contribution in [-0.2, 0) is 9.59 Å². The van der Waals surface area contributed by atoms with Crippen molar-refractivity contribution in [3.05, 3.63) is 72.3 Å². The number of carbonyl (C=O) groups excluding carboxylic acids is 2. The Morgan fingerprint density at radius 1 is 0.714 bits per heavy atom. The molecule has 2 aromatic heterocycles. The number of aromatic nitrogens is 2. The van der Waals surface area contributed by atoms with Gasteiger partial charge >= 0.3 is 11.9 Å². The molecular weight excluding hydrogens is 372 g/mol. The van der Waals surface area contributed by atoms with Crippen molar-refractivity contribution in [2.45, 2.75) is 0 Å². The average Bonchev–Trinajstić information content (AvgIpc) is 2.73. The van der Waals surface area contributed by atoms with Crippen LogP contribution in [-0.4, -0.2) is 43.9 Å². The summed E-state index contributed by atoms with van der Waals surface area (Å²) in [6.45, 7) is 0. The van der Waals surface area contributed by atoms with Crippen LogP contribution in [0.2, 0.25) is 0 Å². The molecule has 0 saturated carbocycles. The van der Waals surface area contributed by atoms with Gasteiger partial charge in [0, 0.05) is 48.1 Å². The fourth-order valence-electron chi connectivity index (χ4n) is 1.32. The molecule has 2 aromatic rings. The molecule has 148 valence electrons.